The fourth-order valence-corrected chi connectivity index (χ4v) is 2.29. The van der Waals surface area contributed by atoms with Gasteiger partial charge in [-0.3, -0.25) is 14.4 Å². The van der Waals surface area contributed by atoms with Crippen LogP contribution >= 0.6 is 11.3 Å². The van der Waals surface area contributed by atoms with Gasteiger partial charge in [0.15, 0.2) is 5.78 Å². The number of hydrogen-bond donors (Lipinski definition) is 3. The third-order valence-corrected chi connectivity index (χ3v) is 3.60. The molecule has 0 aromatic carbocycles. The SMILES string of the molecule is NC(=O)CCC(NC(=O)CCC(=O)c1cccs1)C(=O)O. The second-order valence-electron chi connectivity index (χ2n) is 4.36. The molecule has 1 unspecified atom stereocenters. The van der Waals surface area contributed by atoms with Gasteiger partial charge < -0.3 is 16.2 Å². The van der Waals surface area contributed by atoms with Crippen molar-refractivity contribution >= 4 is 34.9 Å². The number of carboxylic acid groups (broad SMARTS) is 1. The summed E-state index contributed by atoms with van der Waals surface area (Å²) in [5, 5.41) is 13.0. The number of carboxylic acids is 1. The van der Waals surface area contributed by atoms with Gasteiger partial charge in [0.25, 0.3) is 0 Å². The number of rotatable bonds is 9. The van der Waals surface area contributed by atoms with E-state index in [-0.39, 0.29) is 31.5 Å². The fourth-order valence-electron chi connectivity index (χ4n) is 1.60. The van der Waals surface area contributed by atoms with Crippen LogP contribution in [0.2, 0.25) is 0 Å². The van der Waals surface area contributed by atoms with Crippen molar-refractivity contribution in [1.29, 1.82) is 0 Å². The molecular weight excluding hydrogens is 296 g/mol. The largest absolute Gasteiger partial charge is 0.480 e. The van der Waals surface area contributed by atoms with Gasteiger partial charge in [0.05, 0.1) is 4.88 Å². The highest BCUT2D eigenvalue weighted by Crippen LogP contribution is 2.12. The second-order valence-corrected chi connectivity index (χ2v) is 5.31. The van der Waals surface area contributed by atoms with Crippen LogP contribution < -0.4 is 11.1 Å². The molecule has 21 heavy (non-hydrogen) atoms. The number of ketones is 1. The molecule has 0 aliphatic rings. The average molecular weight is 312 g/mol. The van der Waals surface area contributed by atoms with Crippen molar-refractivity contribution in [3.63, 3.8) is 0 Å². The summed E-state index contributed by atoms with van der Waals surface area (Å²) >= 11 is 1.29. The molecule has 8 heteroatoms. The summed E-state index contributed by atoms with van der Waals surface area (Å²) in [5.41, 5.74) is 4.94. The van der Waals surface area contributed by atoms with E-state index in [1.807, 2.05) is 0 Å². The molecule has 1 rings (SSSR count). The number of aliphatic carboxylic acids is 1. The van der Waals surface area contributed by atoms with Gasteiger partial charge in [-0.1, -0.05) is 6.07 Å². The van der Waals surface area contributed by atoms with Gasteiger partial charge in [-0.05, 0) is 17.9 Å². The lowest BCUT2D eigenvalue weighted by Gasteiger charge is -2.13. The first-order chi connectivity index (χ1) is 9.90. The zero-order valence-corrected chi connectivity index (χ0v) is 12.0. The Labute approximate surface area is 125 Å². The minimum Gasteiger partial charge on any atom is -0.480 e. The van der Waals surface area contributed by atoms with E-state index in [2.05, 4.69) is 5.32 Å². The van der Waals surface area contributed by atoms with Gasteiger partial charge in [-0.2, -0.15) is 0 Å². The molecule has 0 saturated carbocycles. The van der Waals surface area contributed by atoms with Crippen molar-refractivity contribution in [1.82, 2.24) is 5.32 Å². The van der Waals surface area contributed by atoms with E-state index in [0.717, 1.165) is 0 Å². The first-order valence-corrected chi connectivity index (χ1v) is 7.15. The molecule has 114 valence electrons. The lowest BCUT2D eigenvalue weighted by molar-refractivity contribution is -0.142. The molecular formula is C13H16N2O5S. The molecule has 0 aliphatic carbocycles. The van der Waals surface area contributed by atoms with Crippen LogP contribution in [0.1, 0.15) is 35.4 Å². The maximum atomic E-state index is 11.7. The van der Waals surface area contributed by atoms with Crippen molar-refractivity contribution in [2.75, 3.05) is 0 Å². The van der Waals surface area contributed by atoms with Crippen molar-refractivity contribution in [3.05, 3.63) is 22.4 Å². The summed E-state index contributed by atoms with van der Waals surface area (Å²) in [7, 11) is 0. The van der Waals surface area contributed by atoms with Crippen molar-refractivity contribution < 1.29 is 24.3 Å². The Hall–Kier alpha value is -2.22. The lowest BCUT2D eigenvalue weighted by Crippen LogP contribution is -2.41. The Bertz CT molecular complexity index is 527. The zero-order valence-electron chi connectivity index (χ0n) is 11.2. The first kappa shape index (κ1) is 16.8. The number of carbonyl (C=O) groups excluding carboxylic acids is 3. The van der Waals surface area contributed by atoms with E-state index in [1.54, 1.807) is 17.5 Å². The summed E-state index contributed by atoms with van der Waals surface area (Å²) < 4.78 is 0. The number of nitrogens with two attached hydrogens (primary N) is 1. The number of amides is 2. The molecule has 0 bridgehead atoms. The van der Waals surface area contributed by atoms with Crippen LogP contribution in [0.4, 0.5) is 0 Å². The van der Waals surface area contributed by atoms with Crippen LogP contribution in [0.25, 0.3) is 0 Å². The third-order valence-electron chi connectivity index (χ3n) is 2.69. The molecule has 0 radical (unpaired) electrons. The molecule has 0 saturated heterocycles. The highest BCUT2D eigenvalue weighted by molar-refractivity contribution is 7.12. The minimum absolute atomic E-state index is 0.00844. The van der Waals surface area contributed by atoms with Crippen LogP contribution in [0.5, 0.6) is 0 Å². The van der Waals surface area contributed by atoms with E-state index in [4.69, 9.17) is 10.8 Å². The molecule has 0 fully saturated rings. The normalized spacial score (nSPS) is 11.6. The van der Waals surface area contributed by atoms with E-state index < -0.39 is 23.8 Å². The molecule has 2 amide bonds. The van der Waals surface area contributed by atoms with E-state index >= 15 is 0 Å². The Kier molecular flexibility index (Phi) is 6.54. The summed E-state index contributed by atoms with van der Waals surface area (Å²) in [5.74, 6) is -2.58. The number of hydrogen-bond acceptors (Lipinski definition) is 5. The number of primary amides is 1. The summed E-state index contributed by atoms with van der Waals surface area (Å²) in [6, 6.07) is 2.22. The third kappa shape index (κ3) is 6.17. The minimum atomic E-state index is -1.24. The highest BCUT2D eigenvalue weighted by Gasteiger charge is 2.21. The highest BCUT2D eigenvalue weighted by atomic mass is 32.1. The molecule has 0 spiro atoms. The van der Waals surface area contributed by atoms with Gasteiger partial charge in [0.1, 0.15) is 6.04 Å². The summed E-state index contributed by atoms with van der Waals surface area (Å²) in [4.78, 5) is 45.5. The Morgan fingerprint density at radius 3 is 2.48 bits per heavy atom. The predicted molar refractivity (Wildman–Crippen MR) is 75.9 cm³/mol. The maximum Gasteiger partial charge on any atom is 0.326 e. The van der Waals surface area contributed by atoms with Crippen LogP contribution in [-0.4, -0.2) is 34.7 Å². The molecule has 0 aliphatic heterocycles. The monoisotopic (exact) mass is 312 g/mol. The van der Waals surface area contributed by atoms with Crippen LogP contribution in [-0.2, 0) is 14.4 Å². The zero-order chi connectivity index (χ0) is 15.8. The van der Waals surface area contributed by atoms with Crippen molar-refractivity contribution in [2.24, 2.45) is 5.73 Å². The quantitative estimate of drug-likeness (QED) is 0.574. The van der Waals surface area contributed by atoms with E-state index in [1.165, 1.54) is 11.3 Å². The van der Waals surface area contributed by atoms with Gasteiger partial charge in [0, 0.05) is 19.3 Å². The van der Waals surface area contributed by atoms with Crippen LogP contribution in [0.15, 0.2) is 17.5 Å². The van der Waals surface area contributed by atoms with Crippen molar-refractivity contribution in [3.8, 4) is 0 Å². The maximum absolute atomic E-state index is 11.7. The number of thiophene rings is 1. The smallest absolute Gasteiger partial charge is 0.326 e. The Morgan fingerprint density at radius 1 is 1.24 bits per heavy atom. The molecule has 7 nitrogen and oxygen atoms in total. The second kappa shape index (κ2) is 8.15. The topological polar surface area (TPSA) is 127 Å². The van der Waals surface area contributed by atoms with Crippen molar-refractivity contribution in [2.45, 2.75) is 31.7 Å². The van der Waals surface area contributed by atoms with E-state index in [0.29, 0.717) is 4.88 Å². The van der Waals surface area contributed by atoms with Gasteiger partial charge >= 0.3 is 5.97 Å². The van der Waals surface area contributed by atoms with E-state index in [9.17, 15) is 19.2 Å². The molecule has 4 N–H and O–H groups in total. The van der Waals surface area contributed by atoms with Crippen LogP contribution in [0, 0.1) is 0 Å². The summed E-state index contributed by atoms with van der Waals surface area (Å²) in [6.45, 7) is 0. The molecule has 1 aromatic rings. The predicted octanol–water partition coefficient (Wildman–Crippen LogP) is 0.546. The van der Waals surface area contributed by atoms with Crippen LogP contribution in [0.3, 0.4) is 0 Å². The standard InChI is InChI=1S/C13H16N2O5S/c14-11(17)5-3-8(13(19)20)15-12(18)6-4-9(16)10-2-1-7-21-10/h1-2,7-8H,3-6H2,(H2,14,17)(H,15,18)(H,19,20). The molecule has 1 heterocycles. The molecule has 1 aromatic heterocycles. The number of nitrogens with one attached hydrogen (secondary N) is 1. The number of carbonyl (C=O) groups is 4. The van der Waals surface area contributed by atoms with Gasteiger partial charge in [-0.25, -0.2) is 4.79 Å². The number of Topliss-reactive ketones (excluding diaryl/α,β-unsaturated/α-hetero) is 1. The molecule has 1 atom stereocenters. The first-order valence-electron chi connectivity index (χ1n) is 6.27. The Morgan fingerprint density at radius 2 is 1.95 bits per heavy atom. The van der Waals surface area contributed by atoms with Gasteiger partial charge in [-0.15, -0.1) is 11.3 Å². The summed E-state index contributed by atoms with van der Waals surface area (Å²) in [6.07, 6.45) is -0.299. The van der Waals surface area contributed by atoms with Gasteiger partial charge in [0.2, 0.25) is 11.8 Å². The fraction of sp³-hybridized carbons (Fsp3) is 0.385. The lowest BCUT2D eigenvalue weighted by atomic mass is 10.1. The Balaban J connectivity index is 2.41. The average Bonchev–Trinajstić information content (AvgIpc) is 2.94.